The van der Waals surface area contributed by atoms with Crippen molar-refractivity contribution in [1.29, 1.82) is 0 Å². The van der Waals surface area contributed by atoms with E-state index in [0.717, 1.165) is 16.9 Å². The molecule has 0 aliphatic carbocycles. The number of hydrogen-bond acceptors (Lipinski definition) is 2. The highest BCUT2D eigenvalue weighted by molar-refractivity contribution is 5.85. The summed E-state index contributed by atoms with van der Waals surface area (Å²) in [5, 5.41) is 0. The number of hydrogen-bond donors (Lipinski definition) is 1. The fourth-order valence-corrected chi connectivity index (χ4v) is 2.51. The van der Waals surface area contributed by atoms with Gasteiger partial charge in [-0.1, -0.05) is 36.4 Å². The monoisotopic (exact) mass is 287 g/mol. The van der Waals surface area contributed by atoms with Crippen LogP contribution < -0.4 is 10.5 Å². The Balaban J connectivity index is 0.00000147. The van der Waals surface area contributed by atoms with Crippen LogP contribution in [0.4, 0.5) is 0 Å². The molecule has 2 nitrogen and oxygen atoms in total. The fourth-order valence-electron chi connectivity index (χ4n) is 2.51. The van der Waals surface area contributed by atoms with E-state index in [9.17, 15) is 0 Å². The maximum Gasteiger partial charge on any atom is 0.127 e. The van der Waals surface area contributed by atoms with Crippen LogP contribution in [0.5, 0.6) is 5.75 Å². The summed E-state index contributed by atoms with van der Waals surface area (Å²) in [5.41, 5.74) is 11.8. The highest BCUT2D eigenvalue weighted by Crippen LogP contribution is 2.34. The van der Waals surface area contributed by atoms with E-state index in [4.69, 9.17) is 10.5 Å². The number of halogens is 1. The summed E-state index contributed by atoms with van der Waals surface area (Å²) < 4.78 is 5.73. The summed E-state index contributed by atoms with van der Waals surface area (Å²) in [6.07, 6.45) is 2.05. The van der Waals surface area contributed by atoms with Gasteiger partial charge in [-0.3, -0.25) is 0 Å². The third kappa shape index (κ3) is 2.58. The van der Waals surface area contributed by atoms with Gasteiger partial charge < -0.3 is 10.5 Å². The van der Waals surface area contributed by atoms with Crippen molar-refractivity contribution in [3.05, 3.63) is 59.7 Å². The zero-order valence-corrected chi connectivity index (χ0v) is 12.2. The molecule has 0 radical (unpaired) electrons. The average molecular weight is 288 g/mol. The van der Waals surface area contributed by atoms with Crippen molar-refractivity contribution in [1.82, 2.24) is 0 Å². The molecule has 0 saturated carbocycles. The molecule has 3 heteroatoms. The second-order valence-electron chi connectivity index (χ2n) is 4.77. The van der Waals surface area contributed by atoms with Crippen LogP contribution in [0.1, 0.15) is 11.1 Å². The Morgan fingerprint density at radius 2 is 1.90 bits per heavy atom. The van der Waals surface area contributed by atoms with Crippen molar-refractivity contribution >= 4 is 18.0 Å². The SMILES string of the molecule is Cc1ccccc1-c1ccc2c(c1)OCC=C2CN.Cl. The van der Waals surface area contributed by atoms with Gasteiger partial charge in [0.15, 0.2) is 0 Å². The highest BCUT2D eigenvalue weighted by Gasteiger charge is 2.14. The summed E-state index contributed by atoms with van der Waals surface area (Å²) in [6.45, 7) is 3.29. The van der Waals surface area contributed by atoms with E-state index in [1.54, 1.807) is 0 Å². The number of rotatable bonds is 2. The molecule has 2 aromatic carbocycles. The number of benzene rings is 2. The predicted molar refractivity (Wildman–Crippen MR) is 86.4 cm³/mol. The highest BCUT2D eigenvalue weighted by atomic mass is 35.5. The molecule has 0 aromatic heterocycles. The summed E-state index contributed by atoms with van der Waals surface area (Å²) in [5.74, 6) is 0.934. The number of aryl methyl sites for hydroxylation is 1. The van der Waals surface area contributed by atoms with Gasteiger partial charge in [0, 0.05) is 12.1 Å². The van der Waals surface area contributed by atoms with Crippen molar-refractivity contribution in [2.24, 2.45) is 5.73 Å². The molecule has 1 aliphatic heterocycles. The van der Waals surface area contributed by atoms with Gasteiger partial charge in [-0.05, 0) is 41.3 Å². The lowest BCUT2D eigenvalue weighted by molar-refractivity contribution is 0.357. The van der Waals surface area contributed by atoms with Crippen LogP contribution in [0.2, 0.25) is 0 Å². The van der Waals surface area contributed by atoms with Crippen LogP contribution in [-0.2, 0) is 0 Å². The van der Waals surface area contributed by atoms with E-state index in [2.05, 4.69) is 55.5 Å². The van der Waals surface area contributed by atoms with Crippen LogP contribution in [-0.4, -0.2) is 13.2 Å². The Morgan fingerprint density at radius 3 is 2.65 bits per heavy atom. The van der Waals surface area contributed by atoms with Gasteiger partial charge in [0.25, 0.3) is 0 Å². The molecular weight excluding hydrogens is 270 g/mol. The van der Waals surface area contributed by atoms with E-state index in [0.29, 0.717) is 13.2 Å². The Bertz CT molecular complexity index is 649. The van der Waals surface area contributed by atoms with Gasteiger partial charge in [0.1, 0.15) is 12.4 Å². The van der Waals surface area contributed by atoms with Gasteiger partial charge >= 0.3 is 0 Å². The largest absolute Gasteiger partial charge is 0.489 e. The van der Waals surface area contributed by atoms with Gasteiger partial charge in [0.05, 0.1) is 0 Å². The van der Waals surface area contributed by atoms with Crippen LogP contribution >= 0.6 is 12.4 Å². The van der Waals surface area contributed by atoms with Crippen molar-refractivity contribution in [3.63, 3.8) is 0 Å². The zero-order chi connectivity index (χ0) is 13.2. The summed E-state index contributed by atoms with van der Waals surface area (Å²) in [6, 6.07) is 14.7. The van der Waals surface area contributed by atoms with Crippen molar-refractivity contribution in [2.45, 2.75) is 6.92 Å². The van der Waals surface area contributed by atoms with E-state index >= 15 is 0 Å². The minimum atomic E-state index is 0. The molecule has 3 rings (SSSR count). The molecule has 0 unspecified atom stereocenters. The van der Waals surface area contributed by atoms with E-state index < -0.39 is 0 Å². The first-order valence-corrected chi connectivity index (χ1v) is 6.52. The Labute approximate surface area is 125 Å². The molecule has 0 saturated heterocycles. The average Bonchev–Trinajstić information content (AvgIpc) is 2.46. The third-order valence-corrected chi connectivity index (χ3v) is 3.57. The molecule has 0 fully saturated rings. The molecular formula is C17H18ClNO. The van der Waals surface area contributed by atoms with E-state index in [1.807, 2.05) is 0 Å². The second-order valence-corrected chi connectivity index (χ2v) is 4.77. The molecule has 1 aliphatic rings. The molecule has 0 amide bonds. The van der Waals surface area contributed by atoms with Gasteiger partial charge in [-0.25, -0.2) is 0 Å². The van der Waals surface area contributed by atoms with Crippen molar-refractivity contribution in [2.75, 3.05) is 13.2 Å². The maximum atomic E-state index is 5.77. The van der Waals surface area contributed by atoms with Crippen molar-refractivity contribution in [3.8, 4) is 16.9 Å². The third-order valence-electron chi connectivity index (χ3n) is 3.57. The Kier molecular flexibility index (Phi) is 4.48. The molecule has 1 heterocycles. The quantitative estimate of drug-likeness (QED) is 0.911. The van der Waals surface area contributed by atoms with Crippen LogP contribution in [0, 0.1) is 6.92 Å². The summed E-state index contributed by atoms with van der Waals surface area (Å²) >= 11 is 0. The van der Waals surface area contributed by atoms with E-state index in [1.165, 1.54) is 16.7 Å². The molecule has 20 heavy (non-hydrogen) atoms. The lowest BCUT2D eigenvalue weighted by Gasteiger charge is -2.19. The van der Waals surface area contributed by atoms with E-state index in [-0.39, 0.29) is 12.4 Å². The lowest BCUT2D eigenvalue weighted by Crippen LogP contribution is -2.11. The topological polar surface area (TPSA) is 35.2 Å². The zero-order valence-electron chi connectivity index (χ0n) is 11.4. The van der Waals surface area contributed by atoms with Gasteiger partial charge in [-0.2, -0.15) is 0 Å². The Morgan fingerprint density at radius 1 is 1.10 bits per heavy atom. The first-order chi connectivity index (χ1) is 9.29. The minimum absolute atomic E-state index is 0. The molecule has 2 N–H and O–H groups in total. The molecule has 2 aromatic rings. The molecule has 0 spiro atoms. The minimum Gasteiger partial charge on any atom is -0.489 e. The number of fused-ring (bicyclic) bond motifs is 1. The van der Waals surface area contributed by atoms with Crippen LogP contribution in [0.15, 0.2) is 48.5 Å². The first-order valence-electron chi connectivity index (χ1n) is 6.52. The summed E-state index contributed by atoms with van der Waals surface area (Å²) in [7, 11) is 0. The van der Waals surface area contributed by atoms with Crippen LogP contribution in [0.25, 0.3) is 16.7 Å². The maximum absolute atomic E-state index is 5.77. The number of nitrogens with two attached hydrogens (primary N) is 1. The standard InChI is InChI=1S/C17H17NO.ClH/c1-12-4-2-3-5-15(12)13-6-7-16-14(11-18)8-9-19-17(16)10-13;/h2-8,10H,9,11,18H2,1H3;1H. The van der Waals surface area contributed by atoms with Crippen LogP contribution in [0.3, 0.4) is 0 Å². The smallest absolute Gasteiger partial charge is 0.127 e. The summed E-state index contributed by atoms with van der Waals surface area (Å²) in [4.78, 5) is 0. The fraction of sp³-hybridized carbons (Fsp3) is 0.176. The normalized spacial score (nSPS) is 12.8. The first kappa shape index (κ1) is 14.6. The number of ether oxygens (including phenoxy) is 1. The van der Waals surface area contributed by atoms with Gasteiger partial charge in [-0.15, -0.1) is 12.4 Å². The lowest BCUT2D eigenvalue weighted by atomic mass is 9.96. The molecule has 104 valence electrons. The van der Waals surface area contributed by atoms with Crippen molar-refractivity contribution < 1.29 is 4.74 Å². The molecule has 0 bridgehead atoms. The second kappa shape index (κ2) is 6.12. The molecule has 0 atom stereocenters. The predicted octanol–water partition coefficient (Wildman–Crippen LogP) is 3.82. The van der Waals surface area contributed by atoms with Gasteiger partial charge in [0.2, 0.25) is 0 Å². The Hall–Kier alpha value is -1.77.